The quantitative estimate of drug-likeness (QED) is 0.839. The number of carbonyl (C=O) groups excluding carboxylic acids is 1. The number of nitrogens with one attached hydrogen (secondary N) is 1. The Hall–Kier alpha value is -2.75. The van der Waals surface area contributed by atoms with Crippen LogP contribution in [-0.4, -0.2) is 18.1 Å². The summed E-state index contributed by atoms with van der Waals surface area (Å²) in [7, 11) is 1.60. The molecule has 20 heavy (non-hydrogen) atoms. The number of aromatic hydroxyl groups is 1. The van der Waals surface area contributed by atoms with E-state index in [2.05, 4.69) is 5.32 Å². The molecule has 2 N–H and O–H groups in total. The number of hydrogen-bond acceptors (Lipinski definition) is 3. The van der Waals surface area contributed by atoms with Gasteiger partial charge in [0.25, 0.3) is 0 Å². The first-order chi connectivity index (χ1) is 9.67. The van der Waals surface area contributed by atoms with Gasteiger partial charge in [-0.2, -0.15) is 0 Å². The number of phenols is 1. The summed E-state index contributed by atoms with van der Waals surface area (Å²) < 4.78 is 5.06. The number of carbonyl (C=O) groups is 1. The van der Waals surface area contributed by atoms with Crippen molar-refractivity contribution < 1.29 is 14.6 Å². The van der Waals surface area contributed by atoms with Gasteiger partial charge in [0.2, 0.25) is 5.91 Å². The molecule has 0 radical (unpaired) electrons. The molecule has 4 nitrogen and oxygen atoms in total. The van der Waals surface area contributed by atoms with E-state index in [0.717, 1.165) is 11.3 Å². The summed E-state index contributed by atoms with van der Waals surface area (Å²) >= 11 is 0. The second-order valence-corrected chi connectivity index (χ2v) is 4.15. The molecule has 0 saturated heterocycles. The molecule has 2 aromatic rings. The number of rotatable bonds is 4. The first kappa shape index (κ1) is 13.7. The van der Waals surface area contributed by atoms with Gasteiger partial charge in [0.05, 0.1) is 7.11 Å². The molecule has 0 aliphatic rings. The second-order valence-electron chi connectivity index (χ2n) is 4.15. The molecular weight excluding hydrogens is 254 g/mol. The van der Waals surface area contributed by atoms with E-state index in [-0.39, 0.29) is 11.7 Å². The predicted molar refractivity (Wildman–Crippen MR) is 78.8 cm³/mol. The molecule has 0 saturated carbocycles. The predicted octanol–water partition coefficient (Wildman–Crippen LogP) is 3.05. The summed E-state index contributed by atoms with van der Waals surface area (Å²) in [5, 5.41) is 12.0. The largest absolute Gasteiger partial charge is 0.508 e. The highest BCUT2D eigenvalue weighted by Crippen LogP contribution is 2.15. The Kier molecular flexibility index (Phi) is 4.39. The zero-order valence-corrected chi connectivity index (χ0v) is 11.0. The summed E-state index contributed by atoms with van der Waals surface area (Å²) in [6.45, 7) is 0. The van der Waals surface area contributed by atoms with E-state index in [1.807, 2.05) is 24.3 Å². The summed E-state index contributed by atoms with van der Waals surface area (Å²) in [5.41, 5.74) is 1.45. The third kappa shape index (κ3) is 3.88. The molecular formula is C16H15NO3. The van der Waals surface area contributed by atoms with E-state index in [9.17, 15) is 9.90 Å². The van der Waals surface area contributed by atoms with Crippen molar-refractivity contribution in [1.82, 2.24) is 0 Å². The normalized spacial score (nSPS) is 10.4. The van der Waals surface area contributed by atoms with Gasteiger partial charge in [-0.25, -0.2) is 0 Å². The molecule has 0 fully saturated rings. The molecule has 0 aliphatic carbocycles. The van der Waals surface area contributed by atoms with Crippen molar-refractivity contribution >= 4 is 17.7 Å². The second kappa shape index (κ2) is 6.43. The molecule has 0 aliphatic heterocycles. The van der Waals surface area contributed by atoms with Crippen molar-refractivity contribution in [3.05, 3.63) is 60.2 Å². The Labute approximate surface area is 117 Å². The van der Waals surface area contributed by atoms with Gasteiger partial charge in [-0.3, -0.25) is 4.79 Å². The van der Waals surface area contributed by atoms with Crippen LogP contribution < -0.4 is 10.1 Å². The lowest BCUT2D eigenvalue weighted by Gasteiger charge is -2.02. The topological polar surface area (TPSA) is 58.6 Å². The number of benzene rings is 2. The summed E-state index contributed by atoms with van der Waals surface area (Å²) in [4.78, 5) is 11.7. The Morgan fingerprint density at radius 2 is 1.95 bits per heavy atom. The van der Waals surface area contributed by atoms with Crippen LogP contribution in [0.2, 0.25) is 0 Å². The van der Waals surface area contributed by atoms with Crippen molar-refractivity contribution in [3.63, 3.8) is 0 Å². The van der Waals surface area contributed by atoms with Crippen molar-refractivity contribution in [3.8, 4) is 11.5 Å². The van der Waals surface area contributed by atoms with E-state index in [4.69, 9.17) is 4.74 Å². The fraction of sp³-hybridized carbons (Fsp3) is 0.0625. The first-order valence-electron chi connectivity index (χ1n) is 6.09. The maximum Gasteiger partial charge on any atom is 0.248 e. The third-order valence-corrected chi connectivity index (χ3v) is 2.66. The summed E-state index contributed by atoms with van der Waals surface area (Å²) in [5.74, 6) is 0.625. The van der Waals surface area contributed by atoms with Crippen molar-refractivity contribution in [2.75, 3.05) is 12.4 Å². The van der Waals surface area contributed by atoms with Crippen molar-refractivity contribution in [2.45, 2.75) is 0 Å². The van der Waals surface area contributed by atoms with Gasteiger partial charge < -0.3 is 15.2 Å². The lowest BCUT2D eigenvalue weighted by atomic mass is 10.2. The Balaban J connectivity index is 1.98. The molecule has 0 heterocycles. The van der Waals surface area contributed by atoms with E-state index in [1.165, 1.54) is 12.1 Å². The van der Waals surface area contributed by atoms with E-state index in [0.29, 0.717) is 5.69 Å². The molecule has 0 atom stereocenters. The molecule has 0 unspecified atom stereocenters. The van der Waals surface area contributed by atoms with Gasteiger partial charge in [-0.05, 0) is 35.9 Å². The Morgan fingerprint density at radius 1 is 1.20 bits per heavy atom. The smallest absolute Gasteiger partial charge is 0.248 e. The van der Waals surface area contributed by atoms with Crippen LogP contribution in [0, 0.1) is 0 Å². The van der Waals surface area contributed by atoms with Gasteiger partial charge in [-0.15, -0.1) is 0 Å². The molecule has 0 bridgehead atoms. The zero-order valence-electron chi connectivity index (χ0n) is 11.0. The highest BCUT2D eigenvalue weighted by Gasteiger charge is 1.98. The summed E-state index contributed by atoms with van der Waals surface area (Å²) in [6, 6.07) is 13.8. The number of ether oxygens (including phenoxy) is 1. The average Bonchev–Trinajstić information content (AvgIpc) is 2.46. The van der Waals surface area contributed by atoms with Crippen LogP contribution in [0.1, 0.15) is 5.56 Å². The van der Waals surface area contributed by atoms with Gasteiger partial charge in [0.15, 0.2) is 0 Å². The first-order valence-corrected chi connectivity index (χ1v) is 6.09. The number of methoxy groups -OCH3 is 1. The number of phenolic OH excluding ortho intramolecular Hbond substituents is 1. The standard InChI is InChI=1S/C16H15NO3/c1-20-15-8-5-12(6-9-15)7-10-16(19)17-13-3-2-4-14(18)11-13/h2-11,18H,1H3,(H,17,19)/b10-7+. The number of anilines is 1. The number of amides is 1. The van der Waals surface area contributed by atoms with Gasteiger partial charge in [0, 0.05) is 17.8 Å². The van der Waals surface area contributed by atoms with Crippen LogP contribution in [0.25, 0.3) is 6.08 Å². The van der Waals surface area contributed by atoms with Crippen LogP contribution in [0.4, 0.5) is 5.69 Å². The molecule has 2 rings (SSSR count). The molecule has 102 valence electrons. The molecule has 2 aromatic carbocycles. The third-order valence-electron chi connectivity index (χ3n) is 2.66. The minimum Gasteiger partial charge on any atom is -0.508 e. The highest BCUT2D eigenvalue weighted by molar-refractivity contribution is 6.02. The monoisotopic (exact) mass is 269 g/mol. The molecule has 4 heteroatoms. The van der Waals surface area contributed by atoms with Crippen molar-refractivity contribution in [1.29, 1.82) is 0 Å². The fourth-order valence-corrected chi connectivity index (χ4v) is 1.65. The van der Waals surface area contributed by atoms with Gasteiger partial charge in [0.1, 0.15) is 11.5 Å². The SMILES string of the molecule is COc1ccc(/C=C/C(=O)Nc2cccc(O)c2)cc1. The van der Waals surface area contributed by atoms with Crippen LogP contribution in [0.3, 0.4) is 0 Å². The van der Waals surface area contributed by atoms with Crippen LogP contribution in [0.15, 0.2) is 54.6 Å². The maximum atomic E-state index is 11.7. The minimum atomic E-state index is -0.258. The van der Waals surface area contributed by atoms with Crippen LogP contribution in [0.5, 0.6) is 11.5 Å². The van der Waals surface area contributed by atoms with Crippen LogP contribution in [-0.2, 0) is 4.79 Å². The number of hydrogen-bond donors (Lipinski definition) is 2. The maximum absolute atomic E-state index is 11.7. The lowest BCUT2D eigenvalue weighted by molar-refractivity contribution is -0.111. The van der Waals surface area contributed by atoms with Gasteiger partial charge in [-0.1, -0.05) is 18.2 Å². The zero-order chi connectivity index (χ0) is 14.4. The van der Waals surface area contributed by atoms with E-state index < -0.39 is 0 Å². The molecule has 0 aromatic heterocycles. The summed E-state index contributed by atoms with van der Waals surface area (Å²) in [6.07, 6.45) is 3.14. The van der Waals surface area contributed by atoms with Crippen molar-refractivity contribution in [2.24, 2.45) is 0 Å². The fourth-order valence-electron chi connectivity index (χ4n) is 1.65. The van der Waals surface area contributed by atoms with Gasteiger partial charge >= 0.3 is 0 Å². The lowest BCUT2D eigenvalue weighted by Crippen LogP contribution is -2.07. The Morgan fingerprint density at radius 3 is 2.60 bits per heavy atom. The van der Waals surface area contributed by atoms with Crippen LogP contribution >= 0.6 is 0 Å². The molecule has 0 spiro atoms. The minimum absolute atomic E-state index is 0.113. The average molecular weight is 269 g/mol. The van der Waals surface area contributed by atoms with E-state index >= 15 is 0 Å². The van der Waals surface area contributed by atoms with E-state index in [1.54, 1.807) is 31.4 Å². The Bertz CT molecular complexity index is 618. The highest BCUT2D eigenvalue weighted by atomic mass is 16.5. The molecule has 1 amide bonds.